The highest BCUT2D eigenvalue weighted by Crippen LogP contribution is 2.29. The highest BCUT2D eigenvalue weighted by atomic mass is 16.6. The molecule has 8 nitrogen and oxygen atoms in total. The minimum Gasteiger partial charge on any atom is -0.352 e. The molecule has 0 aromatic heterocycles. The minimum absolute atomic E-state index is 0.0612. The molecule has 0 aliphatic heterocycles. The molecule has 0 bridgehead atoms. The zero-order chi connectivity index (χ0) is 17.7. The molecule has 1 amide bonds. The first-order valence-corrected chi connectivity index (χ1v) is 7.79. The maximum atomic E-state index is 12.2. The lowest BCUT2D eigenvalue weighted by molar-refractivity contribution is -0.395. The number of nitrogens with one attached hydrogen (secondary N) is 1. The molecular formula is C16H19N3O5. The topological polar surface area (TPSA) is 115 Å². The van der Waals surface area contributed by atoms with Gasteiger partial charge in [-0.25, -0.2) is 0 Å². The van der Waals surface area contributed by atoms with Crippen LogP contribution in [0.5, 0.6) is 0 Å². The van der Waals surface area contributed by atoms with Gasteiger partial charge in [0.1, 0.15) is 5.56 Å². The van der Waals surface area contributed by atoms with Crippen LogP contribution in [0, 0.1) is 27.2 Å². The highest BCUT2D eigenvalue weighted by molar-refractivity contribution is 5.96. The zero-order valence-electron chi connectivity index (χ0n) is 13.4. The number of nitro groups is 2. The Morgan fingerprint density at radius 1 is 1.17 bits per heavy atom. The fraction of sp³-hybridized carbons (Fsp3) is 0.438. The lowest BCUT2D eigenvalue weighted by Gasteiger charge is -2.13. The third-order valence-corrected chi connectivity index (χ3v) is 4.13. The summed E-state index contributed by atoms with van der Waals surface area (Å²) in [5.74, 6) is -0.544. The first-order valence-electron chi connectivity index (χ1n) is 7.79. The van der Waals surface area contributed by atoms with Crippen molar-refractivity contribution in [2.45, 2.75) is 39.0 Å². The van der Waals surface area contributed by atoms with E-state index in [-0.39, 0.29) is 11.1 Å². The number of nitrogens with zero attached hydrogens (tertiary/aromatic N) is 2. The molecule has 24 heavy (non-hydrogen) atoms. The number of hydrogen-bond donors (Lipinski definition) is 1. The first-order chi connectivity index (χ1) is 11.4. The van der Waals surface area contributed by atoms with Crippen LogP contribution in [0.3, 0.4) is 0 Å². The Morgan fingerprint density at radius 2 is 1.79 bits per heavy atom. The quantitative estimate of drug-likeness (QED) is 0.486. The van der Waals surface area contributed by atoms with Crippen LogP contribution in [0.1, 0.15) is 48.0 Å². The Morgan fingerprint density at radius 3 is 2.29 bits per heavy atom. The van der Waals surface area contributed by atoms with Crippen LogP contribution in [0.4, 0.5) is 11.4 Å². The van der Waals surface area contributed by atoms with E-state index in [0.29, 0.717) is 6.54 Å². The molecule has 0 radical (unpaired) electrons. The Kier molecular flexibility index (Phi) is 5.62. The summed E-state index contributed by atoms with van der Waals surface area (Å²) in [6.45, 7) is 1.70. The molecule has 1 aliphatic carbocycles. The van der Waals surface area contributed by atoms with Gasteiger partial charge in [-0.2, -0.15) is 0 Å². The van der Waals surface area contributed by atoms with Crippen LogP contribution in [-0.4, -0.2) is 22.3 Å². The third kappa shape index (κ3) is 4.15. The van der Waals surface area contributed by atoms with E-state index in [1.54, 1.807) is 0 Å². The van der Waals surface area contributed by atoms with Crippen molar-refractivity contribution in [3.05, 3.63) is 55.1 Å². The Hall–Kier alpha value is -2.77. The molecule has 1 aromatic carbocycles. The van der Waals surface area contributed by atoms with Gasteiger partial charge in [-0.1, -0.05) is 11.6 Å². The molecule has 1 aliphatic rings. The van der Waals surface area contributed by atoms with Crippen molar-refractivity contribution in [1.29, 1.82) is 0 Å². The number of benzene rings is 1. The van der Waals surface area contributed by atoms with Crippen LogP contribution in [0.15, 0.2) is 23.8 Å². The fourth-order valence-electron chi connectivity index (χ4n) is 2.76. The normalized spacial score (nSPS) is 14.0. The summed E-state index contributed by atoms with van der Waals surface area (Å²) in [5.41, 5.74) is 0.307. The summed E-state index contributed by atoms with van der Waals surface area (Å²) in [6.07, 6.45) is 7.32. The molecule has 0 saturated heterocycles. The number of allylic oxidation sites excluding steroid dienone is 1. The summed E-state index contributed by atoms with van der Waals surface area (Å²) in [7, 11) is 0. The van der Waals surface area contributed by atoms with Crippen molar-refractivity contribution >= 4 is 17.3 Å². The SMILES string of the molecule is Cc1c([N+](=O)[O-])cc(C(=O)NCCC2=CCCCC2)cc1[N+](=O)[O-]. The Bertz CT molecular complexity index is 677. The van der Waals surface area contributed by atoms with Crippen LogP contribution in [0.25, 0.3) is 0 Å². The van der Waals surface area contributed by atoms with Gasteiger partial charge in [-0.15, -0.1) is 0 Å². The van der Waals surface area contributed by atoms with E-state index in [1.165, 1.54) is 18.9 Å². The third-order valence-electron chi connectivity index (χ3n) is 4.13. The van der Waals surface area contributed by atoms with Crippen molar-refractivity contribution in [1.82, 2.24) is 5.32 Å². The zero-order valence-corrected chi connectivity index (χ0v) is 13.4. The summed E-state index contributed by atoms with van der Waals surface area (Å²) in [5, 5.41) is 24.7. The molecule has 0 unspecified atom stereocenters. The number of carbonyl (C=O) groups excluding carboxylic acids is 1. The lowest BCUT2D eigenvalue weighted by Crippen LogP contribution is -2.25. The summed E-state index contributed by atoms with van der Waals surface area (Å²) in [4.78, 5) is 32.8. The summed E-state index contributed by atoms with van der Waals surface area (Å²) in [6, 6.07) is 2.16. The van der Waals surface area contributed by atoms with Gasteiger partial charge >= 0.3 is 0 Å². The van der Waals surface area contributed by atoms with Gasteiger partial charge in [0.05, 0.1) is 15.4 Å². The predicted octanol–water partition coefficient (Wildman–Crippen LogP) is 3.43. The average Bonchev–Trinajstić information content (AvgIpc) is 2.55. The van der Waals surface area contributed by atoms with Gasteiger partial charge in [0.15, 0.2) is 0 Å². The lowest BCUT2D eigenvalue weighted by atomic mass is 9.97. The molecule has 0 atom stereocenters. The molecular weight excluding hydrogens is 314 g/mol. The van der Waals surface area contributed by atoms with E-state index < -0.39 is 27.1 Å². The van der Waals surface area contributed by atoms with E-state index in [1.807, 2.05) is 0 Å². The van der Waals surface area contributed by atoms with E-state index in [2.05, 4.69) is 11.4 Å². The van der Waals surface area contributed by atoms with Crippen molar-refractivity contribution in [3.8, 4) is 0 Å². The van der Waals surface area contributed by atoms with E-state index in [9.17, 15) is 25.0 Å². The largest absolute Gasteiger partial charge is 0.352 e. The molecule has 0 heterocycles. The average molecular weight is 333 g/mol. The molecule has 8 heteroatoms. The van der Waals surface area contributed by atoms with E-state index in [4.69, 9.17) is 0 Å². The molecule has 2 rings (SSSR count). The first kappa shape index (κ1) is 17.6. The minimum atomic E-state index is -0.716. The molecule has 0 spiro atoms. The Labute approximate surface area is 138 Å². The molecule has 0 saturated carbocycles. The summed E-state index contributed by atoms with van der Waals surface area (Å²) < 4.78 is 0. The predicted molar refractivity (Wildman–Crippen MR) is 88.0 cm³/mol. The number of carbonyl (C=O) groups is 1. The standard InChI is InChI=1S/C16H19N3O5/c1-11-14(18(21)22)9-13(10-15(11)19(23)24)16(20)17-8-7-12-5-3-2-4-6-12/h5,9-10H,2-4,6-8H2,1H3,(H,17,20). The Balaban J connectivity index is 2.12. The number of amides is 1. The number of nitro benzene ring substituents is 2. The molecule has 128 valence electrons. The van der Waals surface area contributed by atoms with Crippen LogP contribution < -0.4 is 5.32 Å². The van der Waals surface area contributed by atoms with Gasteiger partial charge in [0.25, 0.3) is 17.3 Å². The van der Waals surface area contributed by atoms with Crippen LogP contribution >= 0.6 is 0 Å². The van der Waals surface area contributed by atoms with Crippen LogP contribution in [-0.2, 0) is 0 Å². The van der Waals surface area contributed by atoms with Gasteiger partial charge in [0, 0.05) is 18.7 Å². The van der Waals surface area contributed by atoms with Crippen molar-refractivity contribution < 1.29 is 14.6 Å². The van der Waals surface area contributed by atoms with Crippen molar-refractivity contribution in [2.24, 2.45) is 0 Å². The van der Waals surface area contributed by atoms with E-state index >= 15 is 0 Å². The smallest absolute Gasteiger partial charge is 0.279 e. The van der Waals surface area contributed by atoms with Gasteiger partial charge in [0.2, 0.25) is 0 Å². The second kappa shape index (κ2) is 7.67. The van der Waals surface area contributed by atoms with Gasteiger partial charge in [-0.3, -0.25) is 25.0 Å². The van der Waals surface area contributed by atoms with E-state index in [0.717, 1.165) is 37.8 Å². The highest BCUT2D eigenvalue weighted by Gasteiger charge is 2.25. The maximum absolute atomic E-state index is 12.2. The van der Waals surface area contributed by atoms with Crippen LogP contribution in [0.2, 0.25) is 0 Å². The molecule has 1 N–H and O–H groups in total. The monoisotopic (exact) mass is 333 g/mol. The van der Waals surface area contributed by atoms with Crippen molar-refractivity contribution in [3.63, 3.8) is 0 Å². The number of rotatable bonds is 6. The van der Waals surface area contributed by atoms with Crippen molar-refractivity contribution in [2.75, 3.05) is 6.54 Å². The summed E-state index contributed by atoms with van der Waals surface area (Å²) >= 11 is 0. The maximum Gasteiger partial charge on any atom is 0.279 e. The second-order valence-corrected chi connectivity index (χ2v) is 5.77. The van der Waals surface area contributed by atoms with Gasteiger partial charge in [-0.05, 0) is 39.0 Å². The number of hydrogen-bond acceptors (Lipinski definition) is 5. The molecule has 0 fully saturated rings. The van der Waals surface area contributed by atoms with Gasteiger partial charge < -0.3 is 5.32 Å². The molecule has 1 aromatic rings. The fourth-order valence-corrected chi connectivity index (χ4v) is 2.76. The second-order valence-electron chi connectivity index (χ2n) is 5.77.